The van der Waals surface area contributed by atoms with Crippen molar-refractivity contribution in [2.24, 2.45) is 0 Å². The minimum Gasteiger partial charge on any atom is -0.497 e. The molecule has 1 N–H and O–H groups in total. The van der Waals surface area contributed by atoms with Crippen LogP contribution in [0.25, 0.3) is 11.1 Å². The number of sulfone groups is 1. The summed E-state index contributed by atoms with van der Waals surface area (Å²) in [6, 6.07) is 9.55. The van der Waals surface area contributed by atoms with Crippen molar-refractivity contribution in [3.8, 4) is 16.9 Å². The highest BCUT2D eigenvalue weighted by Gasteiger charge is 2.39. The molecule has 2 aromatic rings. The van der Waals surface area contributed by atoms with Crippen LogP contribution in [0.15, 0.2) is 30.3 Å². The van der Waals surface area contributed by atoms with Gasteiger partial charge >= 0.3 is 0 Å². The molecule has 134 valence electrons. The maximum Gasteiger partial charge on any atom is 0.261 e. The van der Waals surface area contributed by atoms with E-state index in [1.54, 1.807) is 14.0 Å². The first-order chi connectivity index (χ1) is 11.7. The molecule has 1 aromatic heterocycles. The molecule has 5 nitrogen and oxygen atoms in total. The molecule has 2 heterocycles. The summed E-state index contributed by atoms with van der Waals surface area (Å²) < 4.78 is 28.6. The van der Waals surface area contributed by atoms with Crippen molar-refractivity contribution in [3.63, 3.8) is 0 Å². The Balaban J connectivity index is 1.80. The number of hydrogen-bond acceptors (Lipinski definition) is 5. The van der Waals surface area contributed by atoms with Gasteiger partial charge in [-0.1, -0.05) is 12.1 Å². The van der Waals surface area contributed by atoms with Crippen LogP contribution in [-0.2, 0) is 9.84 Å². The quantitative estimate of drug-likeness (QED) is 0.886. The van der Waals surface area contributed by atoms with Gasteiger partial charge in [-0.15, -0.1) is 11.3 Å². The maximum absolute atomic E-state index is 12.6. The lowest BCUT2D eigenvalue weighted by atomic mass is 10.0. The summed E-state index contributed by atoms with van der Waals surface area (Å²) in [5.74, 6) is 0.698. The fourth-order valence-corrected chi connectivity index (χ4v) is 6.13. The first-order valence-corrected chi connectivity index (χ1v) is 10.6. The summed E-state index contributed by atoms with van der Waals surface area (Å²) in [5, 5.41) is 2.91. The molecule has 1 aliphatic rings. The Kier molecular flexibility index (Phi) is 4.64. The first kappa shape index (κ1) is 17.9. The summed E-state index contributed by atoms with van der Waals surface area (Å²) in [5.41, 5.74) is 1.33. The van der Waals surface area contributed by atoms with Gasteiger partial charge in [0.1, 0.15) is 5.75 Å². The molecule has 1 atom stereocenters. The van der Waals surface area contributed by atoms with Crippen molar-refractivity contribution < 1.29 is 17.9 Å². The zero-order valence-electron chi connectivity index (χ0n) is 14.5. The standard InChI is InChI=1S/C18H21NO4S2/c1-12-15(13-4-6-14(23-3)7-5-13)10-16(24-12)17(20)19-18(2)8-9-25(21,22)11-18/h4-7,10H,8-9,11H2,1-3H3,(H,19,20). The van der Waals surface area contributed by atoms with Gasteiger partial charge in [0.25, 0.3) is 5.91 Å². The second-order valence-electron chi connectivity index (χ2n) is 6.67. The summed E-state index contributed by atoms with van der Waals surface area (Å²) in [4.78, 5) is 14.2. The van der Waals surface area contributed by atoms with Crippen molar-refractivity contribution in [2.75, 3.05) is 18.6 Å². The second kappa shape index (κ2) is 6.46. The van der Waals surface area contributed by atoms with Crippen LogP contribution in [0.5, 0.6) is 5.75 Å². The van der Waals surface area contributed by atoms with Crippen LogP contribution in [0.1, 0.15) is 27.9 Å². The van der Waals surface area contributed by atoms with E-state index in [2.05, 4.69) is 5.32 Å². The third kappa shape index (κ3) is 3.88. The molecule has 0 bridgehead atoms. The Labute approximate surface area is 151 Å². The van der Waals surface area contributed by atoms with E-state index in [-0.39, 0.29) is 17.4 Å². The fourth-order valence-electron chi connectivity index (χ4n) is 3.10. The number of carbonyl (C=O) groups excluding carboxylic acids is 1. The largest absolute Gasteiger partial charge is 0.497 e. The van der Waals surface area contributed by atoms with Crippen LogP contribution in [0.4, 0.5) is 0 Å². The molecular formula is C18H21NO4S2. The van der Waals surface area contributed by atoms with Crippen molar-refractivity contribution in [1.82, 2.24) is 5.32 Å². The van der Waals surface area contributed by atoms with Crippen LogP contribution in [0.3, 0.4) is 0 Å². The summed E-state index contributed by atoms with van der Waals surface area (Å²) in [6.07, 6.45) is 0.455. The van der Waals surface area contributed by atoms with E-state index in [0.29, 0.717) is 11.3 Å². The third-order valence-corrected chi connectivity index (χ3v) is 7.41. The highest BCUT2D eigenvalue weighted by atomic mass is 32.2. The summed E-state index contributed by atoms with van der Waals surface area (Å²) in [6.45, 7) is 3.77. The van der Waals surface area contributed by atoms with Gasteiger partial charge in [-0.05, 0) is 49.6 Å². The highest BCUT2D eigenvalue weighted by Crippen LogP contribution is 2.32. The Morgan fingerprint density at radius 1 is 1.28 bits per heavy atom. The minimum atomic E-state index is -3.06. The molecule has 1 amide bonds. The van der Waals surface area contributed by atoms with Gasteiger partial charge in [-0.2, -0.15) is 0 Å². The lowest BCUT2D eigenvalue weighted by molar-refractivity contribution is 0.0919. The molecule has 1 fully saturated rings. The van der Waals surface area contributed by atoms with Gasteiger partial charge in [-0.25, -0.2) is 8.42 Å². The number of nitrogens with one attached hydrogen (secondary N) is 1. The van der Waals surface area contributed by atoms with Gasteiger partial charge < -0.3 is 10.1 Å². The monoisotopic (exact) mass is 379 g/mol. The van der Waals surface area contributed by atoms with Crippen LogP contribution >= 0.6 is 11.3 Å². The van der Waals surface area contributed by atoms with Gasteiger partial charge in [0.15, 0.2) is 9.84 Å². The molecule has 7 heteroatoms. The normalized spacial score (nSPS) is 21.9. The Morgan fingerprint density at radius 2 is 1.96 bits per heavy atom. The van der Waals surface area contributed by atoms with Crippen molar-refractivity contribution in [3.05, 3.63) is 40.1 Å². The van der Waals surface area contributed by atoms with E-state index in [1.807, 2.05) is 37.3 Å². The number of methoxy groups -OCH3 is 1. The van der Waals surface area contributed by atoms with Gasteiger partial charge in [0.05, 0.1) is 29.0 Å². The smallest absolute Gasteiger partial charge is 0.261 e. The minimum absolute atomic E-state index is 0.00142. The van der Waals surface area contributed by atoms with Crippen LogP contribution in [0, 0.1) is 6.92 Å². The average Bonchev–Trinajstić information content (AvgIpc) is 3.07. The third-order valence-electron chi connectivity index (χ3n) is 4.46. The van der Waals surface area contributed by atoms with E-state index in [1.165, 1.54) is 11.3 Å². The van der Waals surface area contributed by atoms with Crippen LogP contribution in [-0.4, -0.2) is 38.5 Å². The number of ether oxygens (including phenoxy) is 1. The van der Waals surface area contributed by atoms with E-state index in [4.69, 9.17) is 4.74 Å². The Bertz CT molecular complexity index is 900. The molecule has 1 unspecified atom stereocenters. The number of aryl methyl sites for hydroxylation is 1. The molecule has 1 aliphatic heterocycles. The van der Waals surface area contributed by atoms with Crippen molar-refractivity contribution >= 4 is 27.1 Å². The summed E-state index contributed by atoms with van der Waals surface area (Å²) >= 11 is 1.42. The molecule has 1 saturated heterocycles. The molecule has 0 spiro atoms. The predicted octanol–water partition coefficient (Wildman–Crippen LogP) is 3.04. The zero-order chi connectivity index (χ0) is 18.2. The Morgan fingerprint density at radius 3 is 2.52 bits per heavy atom. The molecule has 25 heavy (non-hydrogen) atoms. The molecule has 3 rings (SSSR count). The van der Waals surface area contributed by atoms with Gasteiger partial charge in [0.2, 0.25) is 0 Å². The van der Waals surface area contributed by atoms with Crippen LogP contribution in [0.2, 0.25) is 0 Å². The second-order valence-corrected chi connectivity index (χ2v) is 10.1. The number of hydrogen-bond donors (Lipinski definition) is 1. The van der Waals surface area contributed by atoms with Crippen LogP contribution < -0.4 is 10.1 Å². The van der Waals surface area contributed by atoms with E-state index in [9.17, 15) is 13.2 Å². The molecular weight excluding hydrogens is 358 g/mol. The van der Waals surface area contributed by atoms with Gasteiger partial charge in [-0.3, -0.25) is 4.79 Å². The number of benzene rings is 1. The van der Waals surface area contributed by atoms with E-state index < -0.39 is 15.4 Å². The predicted molar refractivity (Wildman–Crippen MR) is 100 cm³/mol. The number of rotatable bonds is 4. The fraction of sp³-hybridized carbons (Fsp3) is 0.389. The molecule has 0 radical (unpaired) electrons. The number of thiophene rings is 1. The Hall–Kier alpha value is -1.86. The van der Waals surface area contributed by atoms with Crippen molar-refractivity contribution in [1.29, 1.82) is 0 Å². The molecule has 0 aliphatic carbocycles. The molecule has 0 saturated carbocycles. The number of amides is 1. The SMILES string of the molecule is COc1ccc(-c2cc(C(=O)NC3(C)CCS(=O)(=O)C3)sc2C)cc1. The zero-order valence-corrected chi connectivity index (χ0v) is 16.1. The average molecular weight is 380 g/mol. The number of carbonyl (C=O) groups is 1. The van der Waals surface area contributed by atoms with Gasteiger partial charge in [0, 0.05) is 4.88 Å². The molecule has 1 aromatic carbocycles. The maximum atomic E-state index is 12.6. The lowest BCUT2D eigenvalue weighted by Gasteiger charge is -2.23. The van der Waals surface area contributed by atoms with E-state index >= 15 is 0 Å². The highest BCUT2D eigenvalue weighted by molar-refractivity contribution is 7.91. The summed E-state index contributed by atoms with van der Waals surface area (Å²) in [7, 11) is -1.44. The first-order valence-electron chi connectivity index (χ1n) is 7.99. The lowest BCUT2D eigenvalue weighted by Crippen LogP contribution is -2.46. The van der Waals surface area contributed by atoms with E-state index in [0.717, 1.165) is 21.8 Å². The van der Waals surface area contributed by atoms with Crippen molar-refractivity contribution in [2.45, 2.75) is 25.8 Å². The topological polar surface area (TPSA) is 72.5 Å².